The first-order chi connectivity index (χ1) is 12.2. The second-order valence-corrected chi connectivity index (χ2v) is 5.55. The molecule has 0 bridgehead atoms. The molecular weight excluding hydrogens is 320 g/mol. The summed E-state index contributed by atoms with van der Waals surface area (Å²) in [4.78, 5) is 15.6. The van der Waals surface area contributed by atoms with E-state index in [1.54, 1.807) is 6.08 Å². The predicted octanol–water partition coefficient (Wildman–Crippen LogP) is 3.38. The van der Waals surface area contributed by atoms with Gasteiger partial charge in [-0.05, 0) is 32.8 Å². The van der Waals surface area contributed by atoms with E-state index in [2.05, 4.69) is 10.5 Å². The third-order valence-corrected chi connectivity index (χ3v) is 4.02. The molecule has 0 fully saturated rings. The lowest BCUT2D eigenvalue weighted by molar-refractivity contribution is -0.468. The molecule has 2 aromatic rings. The van der Waals surface area contributed by atoms with Crippen LogP contribution in [0.25, 0.3) is 11.1 Å². The second kappa shape index (κ2) is 6.12. The highest BCUT2D eigenvalue weighted by Crippen LogP contribution is 2.32. The van der Waals surface area contributed by atoms with Crippen LogP contribution >= 0.6 is 0 Å². The fourth-order valence-corrected chi connectivity index (χ4v) is 2.85. The summed E-state index contributed by atoms with van der Waals surface area (Å²) in [5, 5.41) is 19.4. The van der Waals surface area contributed by atoms with Gasteiger partial charge in [-0.15, -0.1) is 0 Å². The molecule has 2 aliphatic heterocycles. The van der Waals surface area contributed by atoms with Crippen molar-refractivity contribution >= 4 is 11.9 Å². The fraction of sp³-hybridized carbons (Fsp3) is 0.0556. The van der Waals surface area contributed by atoms with Crippen LogP contribution in [0.5, 0.6) is 0 Å². The Morgan fingerprint density at radius 3 is 2.64 bits per heavy atom. The number of nitrogens with one attached hydrogen (secondary N) is 1. The number of oxime groups is 1. The minimum Gasteiger partial charge on any atom is -0.358 e. The third-order valence-electron chi connectivity index (χ3n) is 4.02. The van der Waals surface area contributed by atoms with Gasteiger partial charge in [-0.1, -0.05) is 48.5 Å². The number of nitro groups is 1. The Morgan fingerprint density at radius 2 is 1.84 bits per heavy atom. The molecule has 0 saturated carbocycles. The number of rotatable bonds is 4. The zero-order valence-corrected chi connectivity index (χ0v) is 13.1. The second-order valence-electron chi connectivity index (χ2n) is 5.55. The van der Waals surface area contributed by atoms with Gasteiger partial charge in [0.25, 0.3) is 0 Å². The molecule has 0 aromatic heterocycles. The molecule has 25 heavy (non-hydrogen) atoms. The van der Waals surface area contributed by atoms with E-state index in [1.807, 2.05) is 54.6 Å². The van der Waals surface area contributed by atoms with Crippen LogP contribution in [0, 0.1) is 10.1 Å². The molecule has 2 heterocycles. The summed E-state index contributed by atoms with van der Waals surface area (Å²) in [6.07, 6.45) is 4.61. The van der Waals surface area contributed by atoms with E-state index < -0.39 is 11.0 Å². The van der Waals surface area contributed by atoms with Crippen molar-refractivity contribution in [1.82, 2.24) is 5.06 Å². The minimum absolute atomic E-state index is 0.149. The van der Waals surface area contributed by atoms with Crippen LogP contribution in [0.2, 0.25) is 0 Å². The normalized spacial score (nSPS) is 18.1. The zero-order valence-electron chi connectivity index (χ0n) is 13.1. The highest BCUT2D eigenvalue weighted by atomic mass is 16.8. The number of allylic oxidation sites excluding steroid dienone is 2. The summed E-state index contributed by atoms with van der Waals surface area (Å²) in [5.41, 5.74) is 3.76. The number of anilines is 1. The lowest BCUT2D eigenvalue weighted by atomic mass is 10.0. The topological polar surface area (TPSA) is 80.0 Å². The molecule has 0 radical (unpaired) electrons. The van der Waals surface area contributed by atoms with Crippen molar-refractivity contribution in [2.75, 3.05) is 5.32 Å². The summed E-state index contributed by atoms with van der Waals surface area (Å²) in [5.74, 6) is -0.149. The Morgan fingerprint density at radius 1 is 1.08 bits per heavy atom. The molecule has 1 unspecified atom stereocenters. The number of hydroxylamine groups is 2. The standard InChI is InChI=1S/C18H14N4O3/c23-22(24)18-11-10-16(17-12-19-25-21(17)18)20-15-9-5-4-8-14(15)13-6-2-1-3-7-13/h1-12,17,20H. The zero-order chi connectivity index (χ0) is 17.2. The summed E-state index contributed by atoms with van der Waals surface area (Å²) >= 11 is 0. The van der Waals surface area contributed by atoms with Crippen LogP contribution < -0.4 is 5.32 Å². The lowest BCUT2D eigenvalue weighted by Crippen LogP contribution is -2.38. The molecule has 1 N–H and O–H groups in total. The van der Waals surface area contributed by atoms with E-state index >= 15 is 0 Å². The predicted molar refractivity (Wildman–Crippen MR) is 93.9 cm³/mol. The van der Waals surface area contributed by atoms with E-state index in [0.717, 1.165) is 22.5 Å². The number of benzene rings is 2. The van der Waals surface area contributed by atoms with E-state index in [0.29, 0.717) is 0 Å². The van der Waals surface area contributed by atoms with Gasteiger partial charge in [0.05, 0.1) is 5.70 Å². The monoisotopic (exact) mass is 334 g/mol. The molecule has 2 aromatic carbocycles. The van der Waals surface area contributed by atoms with E-state index in [9.17, 15) is 10.1 Å². The molecule has 7 nitrogen and oxygen atoms in total. The van der Waals surface area contributed by atoms with Crippen molar-refractivity contribution in [2.45, 2.75) is 6.04 Å². The Balaban J connectivity index is 1.69. The van der Waals surface area contributed by atoms with Gasteiger partial charge in [0, 0.05) is 17.3 Å². The van der Waals surface area contributed by atoms with Crippen molar-refractivity contribution in [1.29, 1.82) is 0 Å². The first kappa shape index (κ1) is 14.9. The highest BCUT2D eigenvalue weighted by Gasteiger charge is 2.41. The molecule has 0 aliphatic carbocycles. The Labute approximate surface area is 143 Å². The molecule has 0 spiro atoms. The van der Waals surface area contributed by atoms with Gasteiger partial charge in [0.15, 0.2) is 0 Å². The summed E-state index contributed by atoms with van der Waals surface area (Å²) < 4.78 is 0. The van der Waals surface area contributed by atoms with Gasteiger partial charge < -0.3 is 15.4 Å². The smallest absolute Gasteiger partial charge is 0.358 e. The SMILES string of the molecule is O=[N+]([O-])C1=CC=C(Nc2ccccc2-c2ccccc2)C2C=NON12. The van der Waals surface area contributed by atoms with Crippen LogP contribution in [-0.4, -0.2) is 22.2 Å². The van der Waals surface area contributed by atoms with E-state index in [-0.39, 0.29) is 5.82 Å². The quantitative estimate of drug-likeness (QED) is 0.685. The number of nitrogens with zero attached hydrogens (tertiary/aromatic N) is 3. The maximum atomic E-state index is 11.1. The molecular formula is C18H14N4O3. The third kappa shape index (κ3) is 2.72. The Hall–Kier alpha value is -3.61. The van der Waals surface area contributed by atoms with E-state index in [4.69, 9.17) is 4.94 Å². The van der Waals surface area contributed by atoms with Crippen LogP contribution in [0.3, 0.4) is 0 Å². The summed E-state index contributed by atoms with van der Waals surface area (Å²) in [7, 11) is 0. The molecule has 124 valence electrons. The molecule has 7 heteroatoms. The van der Waals surface area contributed by atoms with Gasteiger partial charge >= 0.3 is 5.82 Å². The molecule has 4 rings (SSSR count). The molecule has 1 atom stereocenters. The van der Waals surface area contributed by atoms with Crippen molar-refractivity contribution in [2.24, 2.45) is 5.16 Å². The van der Waals surface area contributed by atoms with Crippen LogP contribution in [0.1, 0.15) is 0 Å². The van der Waals surface area contributed by atoms with Crippen LogP contribution in [0.15, 0.2) is 83.4 Å². The number of hydrogen-bond donors (Lipinski definition) is 1. The maximum absolute atomic E-state index is 11.1. The van der Waals surface area contributed by atoms with Crippen LogP contribution in [-0.2, 0) is 4.94 Å². The van der Waals surface area contributed by atoms with Gasteiger partial charge in [-0.2, -0.15) is 4.94 Å². The van der Waals surface area contributed by atoms with Gasteiger partial charge in [-0.25, -0.2) is 0 Å². The molecule has 0 amide bonds. The number of para-hydroxylation sites is 1. The summed E-state index contributed by atoms with van der Waals surface area (Å²) in [6.45, 7) is 0. The fourth-order valence-electron chi connectivity index (χ4n) is 2.85. The average molecular weight is 334 g/mol. The lowest BCUT2D eigenvalue weighted by Gasteiger charge is -2.22. The van der Waals surface area contributed by atoms with Gasteiger partial charge in [0.1, 0.15) is 6.21 Å². The molecule has 0 saturated heterocycles. The average Bonchev–Trinajstić information content (AvgIpc) is 3.13. The van der Waals surface area contributed by atoms with Crippen molar-refractivity contribution < 1.29 is 9.86 Å². The van der Waals surface area contributed by atoms with Crippen molar-refractivity contribution in [3.63, 3.8) is 0 Å². The van der Waals surface area contributed by atoms with Gasteiger partial charge in [0.2, 0.25) is 6.04 Å². The largest absolute Gasteiger partial charge is 0.360 e. The highest BCUT2D eigenvalue weighted by molar-refractivity contribution is 5.81. The van der Waals surface area contributed by atoms with Crippen molar-refractivity contribution in [3.05, 3.63) is 88.4 Å². The Bertz CT molecular complexity index is 906. The van der Waals surface area contributed by atoms with Crippen LogP contribution in [0.4, 0.5) is 5.69 Å². The Kier molecular flexibility index (Phi) is 3.66. The van der Waals surface area contributed by atoms with Gasteiger partial charge in [-0.3, -0.25) is 0 Å². The summed E-state index contributed by atoms with van der Waals surface area (Å²) in [6, 6.07) is 17.4. The van der Waals surface area contributed by atoms with Crippen molar-refractivity contribution in [3.8, 4) is 11.1 Å². The van der Waals surface area contributed by atoms with E-state index in [1.165, 1.54) is 17.4 Å². The number of fused-ring (bicyclic) bond motifs is 1. The first-order valence-electron chi connectivity index (χ1n) is 7.71. The first-order valence-corrected chi connectivity index (χ1v) is 7.71. The minimum atomic E-state index is -0.493. The number of hydrogen-bond acceptors (Lipinski definition) is 6. The maximum Gasteiger partial charge on any atom is 0.360 e. The molecule has 2 aliphatic rings.